The van der Waals surface area contributed by atoms with Crippen LogP contribution in [0.3, 0.4) is 0 Å². The third-order valence-electron chi connectivity index (χ3n) is 4.72. The maximum absolute atomic E-state index is 12.2. The highest BCUT2D eigenvalue weighted by Crippen LogP contribution is 2.38. The number of methoxy groups -OCH3 is 1. The van der Waals surface area contributed by atoms with E-state index in [4.69, 9.17) is 16.3 Å². The van der Waals surface area contributed by atoms with Gasteiger partial charge in [0, 0.05) is 18.1 Å². The summed E-state index contributed by atoms with van der Waals surface area (Å²) in [5.74, 6) is 0.167. The Morgan fingerprint density at radius 1 is 1.07 bits per heavy atom. The Morgan fingerprint density at radius 2 is 1.81 bits per heavy atom. The lowest BCUT2D eigenvalue weighted by molar-refractivity contribution is -0.127. The number of carbonyl (C=O) groups excluding carboxylic acids is 2. The van der Waals surface area contributed by atoms with Crippen LogP contribution in [-0.2, 0) is 22.6 Å². The minimum Gasteiger partial charge on any atom is -0.497 e. The molecule has 2 unspecified atom stereocenters. The normalized spacial score (nSPS) is 17.9. The Hall–Kier alpha value is -2.53. The van der Waals surface area contributed by atoms with Crippen LogP contribution in [0.15, 0.2) is 48.5 Å². The van der Waals surface area contributed by atoms with Crippen molar-refractivity contribution < 1.29 is 14.3 Å². The van der Waals surface area contributed by atoms with Gasteiger partial charge in [-0.1, -0.05) is 41.9 Å². The van der Waals surface area contributed by atoms with E-state index >= 15 is 0 Å². The molecule has 1 aliphatic carbocycles. The van der Waals surface area contributed by atoms with Gasteiger partial charge in [-0.15, -0.1) is 0 Å². The Labute approximate surface area is 164 Å². The first-order valence-corrected chi connectivity index (χ1v) is 9.38. The Morgan fingerprint density at radius 3 is 2.56 bits per heavy atom. The second kappa shape index (κ2) is 8.91. The summed E-state index contributed by atoms with van der Waals surface area (Å²) in [6, 6.07) is 15.2. The summed E-state index contributed by atoms with van der Waals surface area (Å²) in [5.41, 5.74) is 1.96. The fourth-order valence-corrected chi connectivity index (χ4v) is 3.22. The van der Waals surface area contributed by atoms with Gasteiger partial charge in [0.15, 0.2) is 0 Å². The molecule has 1 aliphatic rings. The van der Waals surface area contributed by atoms with Crippen molar-refractivity contribution in [3.63, 3.8) is 0 Å². The van der Waals surface area contributed by atoms with E-state index in [1.165, 1.54) is 0 Å². The van der Waals surface area contributed by atoms with Gasteiger partial charge in [-0.05, 0) is 42.2 Å². The van der Waals surface area contributed by atoms with Crippen molar-refractivity contribution in [3.05, 3.63) is 64.7 Å². The standard InChI is InChI=1S/C21H23ClN2O3/c1-27-16-7-4-5-14(11-16)9-10-23-20(25)17-12-18(17)21(26)24-13-15-6-2-3-8-19(15)22/h2-8,11,17-18H,9-10,12-13H2,1H3,(H,23,25)(H,24,26). The smallest absolute Gasteiger partial charge is 0.224 e. The molecule has 0 aliphatic heterocycles. The van der Waals surface area contributed by atoms with Crippen LogP contribution in [0.1, 0.15) is 17.5 Å². The van der Waals surface area contributed by atoms with Gasteiger partial charge >= 0.3 is 0 Å². The van der Waals surface area contributed by atoms with Crippen molar-refractivity contribution in [1.82, 2.24) is 10.6 Å². The molecule has 2 N–H and O–H groups in total. The van der Waals surface area contributed by atoms with Gasteiger partial charge in [-0.2, -0.15) is 0 Å². The Bertz CT molecular complexity index is 825. The third kappa shape index (κ3) is 5.23. The molecule has 2 amide bonds. The molecule has 142 valence electrons. The minimum atomic E-state index is -0.246. The minimum absolute atomic E-state index is 0.0595. The largest absolute Gasteiger partial charge is 0.497 e. The number of benzene rings is 2. The van der Waals surface area contributed by atoms with Crippen molar-refractivity contribution in [3.8, 4) is 5.75 Å². The Kier molecular flexibility index (Phi) is 6.35. The van der Waals surface area contributed by atoms with E-state index in [1.54, 1.807) is 13.2 Å². The van der Waals surface area contributed by atoms with Gasteiger partial charge < -0.3 is 15.4 Å². The number of hydrogen-bond donors (Lipinski definition) is 2. The number of carbonyl (C=O) groups is 2. The van der Waals surface area contributed by atoms with Crippen molar-refractivity contribution in [2.24, 2.45) is 11.8 Å². The number of halogens is 1. The molecule has 0 heterocycles. The first-order chi connectivity index (χ1) is 13.1. The molecule has 6 heteroatoms. The zero-order valence-electron chi connectivity index (χ0n) is 15.2. The highest BCUT2D eigenvalue weighted by molar-refractivity contribution is 6.31. The van der Waals surface area contributed by atoms with Crippen LogP contribution >= 0.6 is 11.6 Å². The van der Waals surface area contributed by atoms with Crippen molar-refractivity contribution >= 4 is 23.4 Å². The van der Waals surface area contributed by atoms with E-state index in [-0.39, 0.29) is 23.7 Å². The Balaban J connectivity index is 1.39. The van der Waals surface area contributed by atoms with Crippen LogP contribution in [0, 0.1) is 11.8 Å². The molecule has 1 saturated carbocycles. The first-order valence-electron chi connectivity index (χ1n) is 9.00. The number of amides is 2. The number of hydrogen-bond acceptors (Lipinski definition) is 3. The van der Waals surface area contributed by atoms with Crippen molar-refractivity contribution in [2.75, 3.05) is 13.7 Å². The van der Waals surface area contributed by atoms with E-state index in [1.807, 2.05) is 42.5 Å². The molecule has 0 aromatic heterocycles. The van der Waals surface area contributed by atoms with Gasteiger partial charge in [0.2, 0.25) is 11.8 Å². The lowest BCUT2D eigenvalue weighted by Gasteiger charge is -2.08. The van der Waals surface area contributed by atoms with E-state index < -0.39 is 0 Å². The molecule has 0 radical (unpaired) electrons. The van der Waals surface area contributed by atoms with Crippen molar-refractivity contribution in [2.45, 2.75) is 19.4 Å². The van der Waals surface area contributed by atoms with Gasteiger partial charge in [0.05, 0.1) is 18.9 Å². The predicted octanol–water partition coefficient (Wildman–Crippen LogP) is 2.96. The van der Waals surface area contributed by atoms with Gasteiger partial charge in [0.1, 0.15) is 5.75 Å². The molecule has 2 atom stereocenters. The predicted molar refractivity (Wildman–Crippen MR) is 105 cm³/mol. The zero-order valence-corrected chi connectivity index (χ0v) is 16.0. The topological polar surface area (TPSA) is 67.4 Å². The van der Waals surface area contributed by atoms with E-state index in [0.29, 0.717) is 24.5 Å². The summed E-state index contributed by atoms with van der Waals surface area (Å²) in [4.78, 5) is 24.4. The molecule has 0 bridgehead atoms. The molecule has 0 saturated heterocycles. The summed E-state index contributed by atoms with van der Waals surface area (Å²) in [6.45, 7) is 0.912. The molecule has 0 spiro atoms. The van der Waals surface area contributed by atoms with Gasteiger partial charge in [-0.25, -0.2) is 0 Å². The van der Waals surface area contributed by atoms with Gasteiger partial charge in [0.25, 0.3) is 0 Å². The SMILES string of the molecule is COc1cccc(CCNC(=O)C2CC2C(=O)NCc2ccccc2Cl)c1. The van der Waals surface area contributed by atoms with E-state index in [0.717, 1.165) is 23.3 Å². The summed E-state index contributed by atoms with van der Waals surface area (Å²) >= 11 is 6.09. The van der Waals surface area contributed by atoms with E-state index in [9.17, 15) is 9.59 Å². The monoisotopic (exact) mass is 386 g/mol. The third-order valence-corrected chi connectivity index (χ3v) is 5.09. The van der Waals surface area contributed by atoms with Crippen LogP contribution in [0.4, 0.5) is 0 Å². The first kappa shape index (κ1) is 19.2. The summed E-state index contributed by atoms with van der Waals surface area (Å²) in [7, 11) is 1.63. The zero-order chi connectivity index (χ0) is 19.2. The van der Waals surface area contributed by atoms with Crippen LogP contribution < -0.4 is 15.4 Å². The van der Waals surface area contributed by atoms with E-state index in [2.05, 4.69) is 10.6 Å². The summed E-state index contributed by atoms with van der Waals surface area (Å²) in [5, 5.41) is 6.41. The highest BCUT2D eigenvalue weighted by atomic mass is 35.5. The second-order valence-electron chi connectivity index (χ2n) is 6.65. The number of ether oxygens (including phenoxy) is 1. The van der Waals surface area contributed by atoms with Crippen LogP contribution in [0.25, 0.3) is 0 Å². The lowest BCUT2D eigenvalue weighted by atomic mass is 10.1. The molecule has 2 aromatic rings. The van der Waals surface area contributed by atoms with Gasteiger partial charge in [-0.3, -0.25) is 9.59 Å². The lowest BCUT2D eigenvalue weighted by Crippen LogP contribution is -2.31. The number of rotatable bonds is 8. The maximum atomic E-state index is 12.2. The molecular weight excluding hydrogens is 364 g/mol. The molecular formula is C21H23ClN2O3. The number of nitrogens with one attached hydrogen (secondary N) is 2. The fourth-order valence-electron chi connectivity index (χ4n) is 3.02. The van der Waals surface area contributed by atoms with Crippen LogP contribution in [-0.4, -0.2) is 25.5 Å². The van der Waals surface area contributed by atoms with Crippen LogP contribution in [0.2, 0.25) is 5.02 Å². The summed E-state index contributed by atoms with van der Waals surface area (Å²) in [6.07, 6.45) is 1.32. The molecule has 27 heavy (non-hydrogen) atoms. The average molecular weight is 387 g/mol. The van der Waals surface area contributed by atoms with Crippen molar-refractivity contribution in [1.29, 1.82) is 0 Å². The second-order valence-corrected chi connectivity index (χ2v) is 7.06. The molecule has 3 rings (SSSR count). The molecule has 2 aromatic carbocycles. The molecule has 1 fully saturated rings. The summed E-state index contributed by atoms with van der Waals surface area (Å²) < 4.78 is 5.19. The molecule has 5 nitrogen and oxygen atoms in total. The maximum Gasteiger partial charge on any atom is 0.224 e. The van der Waals surface area contributed by atoms with Crippen LogP contribution in [0.5, 0.6) is 5.75 Å². The fraction of sp³-hybridized carbons (Fsp3) is 0.333. The highest BCUT2D eigenvalue weighted by Gasteiger charge is 2.47. The average Bonchev–Trinajstić information content (AvgIpc) is 3.48. The quantitative estimate of drug-likeness (QED) is 0.733.